The number of aromatic nitrogens is 2. The number of para-hydroxylation sites is 2. The van der Waals surface area contributed by atoms with Crippen LogP contribution in [-0.4, -0.2) is 68.3 Å². The summed E-state index contributed by atoms with van der Waals surface area (Å²) in [6, 6.07) is 8.53. The molecular formula is C32H44N4O2S2. The SMILES string of the molecule is CC1(C)CC2CC(C)(CN2C(=O)CSc2nc3ccccc3nc2SCC(=O)N2CC3(C)CC2CC(C)(C)C3)C1. The normalized spacial score (nSPS) is 32.0. The Bertz CT molecular complexity index is 1240. The Morgan fingerprint density at radius 1 is 0.725 bits per heavy atom. The molecule has 2 saturated carbocycles. The van der Waals surface area contributed by atoms with E-state index < -0.39 is 0 Å². The maximum absolute atomic E-state index is 13.5. The topological polar surface area (TPSA) is 66.4 Å². The minimum atomic E-state index is 0.193. The van der Waals surface area contributed by atoms with Crippen molar-refractivity contribution in [1.82, 2.24) is 19.8 Å². The van der Waals surface area contributed by atoms with E-state index in [1.54, 1.807) is 0 Å². The Morgan fingerprint density at radius 3 is 1.52 bits per heavy atom. The molecule has 4 atom stereocenters. The summed E-state index contributed by atoms with van der Waals surface area (Å²) in [5.74, 6) is 1.09. The van der Waals surface area contributed by atoms with E-state index in [0.29, 0.717) is 23.6 Å². The second kappa shape index (κ2) is 9.89. The maximum atomic E-state index is 13.5. The summed E-state index contributed by atoms with van der Waals surface area (Å²) >= 11 is 2.96. The van der Waals surface area contributed by atoms with Crippen LogP contribution in [0.1, 0.15) is 80.1 Å². The van der Waals surface area contributed by atoms with E-state index in [0.717, 1.165) is 59.9 Å². The third-order valence-corrected chi connectivity index (χ3v) is 11.7. The van der Waals surface area contributed by atoms with Gasteiger partial charge in [0.15, 0.2) is 0 Å². The molecule has 1 aromatic carbocycles. The average molecular weight is 581 g/mol. The Balaban J connectivity index is 1.16. The molecule has 2 aromatic rings. The first-order valence-electron chi connectivity index (χ1n) is 14.8. The summed E-state index contributed by atoms with van der Waals surface area (Å²) < 4.78 is 0. The highest BCUT2D eigenvalue weighted by molar-refractivity contribution is 8.02. The first kappa shape index (κ1) is 28.3. The molecule has 0 spiro atoms. The summed E-state index contributed by atoms with van der Waals surface area (Å²) in [7, 11) is 0. The third kappa shape index (κ3) is 5.64. The Hall–Kier alpha value is -1.80. The monoisotopic (exact) mass is 580 g/mol. The van der Waals surface area contributed by atoms with Crippen molar-refractivity contribution < 1.29 is 9.59 Å². The van der Waals surface area contributed by atoms with E-state index in [1.165, 1.54) is 36.4 Å². The lowest BCUT2D eigenvalue weighted by Gasteiger charge is -2.39. The smallest absolute Gasteiger partial charge is 0.233 e. The van der Waals surface area contributed by atoms with Crippen LogP contribution in [0, 0.1) is 21.7 Å². The zero-order valence-corrected chi connectivity index (χ0v) is 26.6. The van der Waals surface area contributed by atoms with Crippen LogP contribution in [0.3, 0.4) is 0 Å². The molecule has 2 saturated heterocycles. The summed E-state index contributed by atoms with van der Waals surface area (Å²) in [4.78, 5) is 41.1. The van der Waals surface area contributed by atoms with Gasteiger partial charge in [-0.3, -0.25) is 9.59 Å². The van der Waals surface area contributed by atoms with Gasteiger partial charge in [0, 0.05) is 25.2 Å². The zero-order chi connectivity index (χ0) is 28.5. The fourth-order valence-electron chi connectivity index (χ4n) is 9.08. The Labute approximate surface area is 247 Å². The average Bonchev–Trinajstić information content (AvgIpc) is 3.26. The first-order chi connectivity index (χ1) is 18.7. The van der Waals surface area contributed by atoms with E-state index in [1.807, 2.05) is 24.3 Å². The first-order valence-corrected chi connectivity index (χ1v) is 16.8. The molecule has 0 N–H and O–H groups in total. The van der Waals surface area contributed by atoms with Crippen LogP contribution in [0.15, 0.2) is 34.3 Å². The van der Waals surface area contributed by atoms with Crippen LogP contribution in [0.5, 0.6) is 0 Å². The highest BCUT2D eigenvalue weighted by Crippen LogP contribution is 2.53. The van der Waals surface area contributed by atoms with Crippen LogP contribution in [-0.2, 0) is 9.59 Å². The fraction of sp³-hybridized carbons (Fsp3) is 0.688. The molecule has 3 heterocycles. The molecular weight excluding hydrogens is 537 g/mol. The van der Waals surface area contributed by atoms with Gasteiger partial charge >= 0.3 is 0 Å². The lowest BCUT2D eigenvalue weighted by molar-refractivity contribution is -0.130. The number of carbonyl (C=O) groups is 2. The molecule has 2 aliphatic heterocycles. The van der Waals surface area contributed by atoms with Gasteiger partial charge in [0.1, 0.15) is 10.1 Å². The summed E-state index contributed by atoms with van der Waals surface area (Å²) in [5.41, 5.74) is 2.64. The Kier molecular flexibility index (Phi) is 7.00. The lowest BCUT2D eigenvalue weighted by atomic mass is 9.65. The molecule has 8 heteroatoms. The van der Waals surface area contributed by atoms with Gasteiger partial charge < -0.3 is 9.80 Å². The van der Waals surface area contributed by atoms with Crippen LogP contribution < -0.4 is 0 Å². The Morgan fingerprint density at radius 2 is 1.12 bits per heavy atom. The molecule has 0 radical (unpaired) electrons. The molecule has 4 unspecified atom stereocenters. The van der Waals surface area contributed by atoms with Gasteiger partial charge in [-0.05, 0) is 72.3 Å². The van der Waals surface area contributed by atoms with Crippen molar-refractivity contribution in [3.63, 3.8) is 0 Å². The zero-order valence-electron chi connectivity index (χ0n) is 25.0. The fourth-order valence-corrected chi connectivity index (χ4v) is 11.0. The van der Waals surface area contributed by atoms with Gasteiger partial charge in [0.25, 0.3) is 0 Å². The molecule has 216 valence electrons. The number of fused-ring (bicyclic) bond motifs is 5. The van der Waals surface area contributed by atoms with Crippen molar-refractivity contribution >= 4 is 46.4 Å². The van der Waals surface area contributed by atoms with Crippen LogP contribution in [0.2, 0.25) is 0 Å². The predicted molar refractivity (Wildman–Crippen MR) is 163 cm³/mol. The second-order valence-corrected chi connectivity index (χ2v) is 17.3. The van der Waals surface area contributed by atoms with Crippen molar-refractivity contribution in [2.75, 3.05) is 24.6 Å². The number of hydrogen-bond acceptors (Lipinski definition) is 6. The standard InChI is InChI=1S/C32H44N4O2S2/c1-29(2)11-21-13-31(5,17-29)19-35(21)25(37)15-39-27-28(34-24-10-8-7-9-23(24)33-27)40-16-26(38)36-20-32(6)14-22(36)12-30(3,4)18-32/h7-10,21-22H,11-20H2,1-6H3. The molecule has 1 aromatic heterocycles. The third-order valence-electron chi connectivity index (χ3n) is 9.64. The van der Waals surface area contributed by atoms with Crippen molar-refractivity contribution in [2.45, 2.75) is 102 Å². The van der Waals surface area contributed by atoms with E-state index in [9.17, 15) is 9.59 Å². The number of carbonyl (C=O) groups excluding carboxylic acids is 2. The van der Waals surface area contributed by atoms with Gasteiger partial charge in [0.05, 0.1) is 22.5 Å². The van der Waals surface area contributed by atoms with Crippen molar-refractivity contribution in [3.05, 3.63) is 24.3 Å². The number of thioether (sulfide) groups is 2. The quantitative estimate of drug-likeness (QED) is 0.356. The highest BCUT2D eigenvalue weighted by atomic mass is 32.2. The maximum Gasteiger partial charge on any atom is 0.233 e. The number of nitrogens with zero attached hydrogens (tertiary/aromatic N) is 4. The molecule has 6 rings (SSSR count). The number of hydrogen-bond donors (Lipinski definition) is 0. The van der Waals surface area contributed by atoms with Crippen molar-refractivity contribution in [1.29, 1.82) is 0 Å². The van der Waals surface area contributed by atoms with Gasteiger partial charge in [-0.25, -0.2) is 9.97 Å². The van der Waals surface area contributed by atoms with Crippen LogP contribution in [0.25, 0.3) is 11.0 Å². The van der Waals surface area contributed by atoms with E-state index >= 15 is 0 Å². The molecule has 4 bridgehead atoms. The van der Waals surface area contributed by atoms with Crippen LogP contribution >= 0.6 is 23.5 Å². The van der Waals surface area contributed by atoms with Crippen LogP contribution in [0.4, 0.5) is 0 Å². The number of amides is 2. The lowest BCUT2D eigenvalue weighted by Crippen LogP contribution is -2.38. The summed E-state index contributed by atoms with van der Waals surface area (Å²) in [5, 5.41) is 1.51. The second-order valence-electron chi connectivity index (χ2n) is 15.4. The minimum Gasteiger partial charge on any atom is -0.338 e. The highest BCUT2D eigenvalue weighted by Gasteiger charge is 2.52. The van der Waals surface area contributed by atoms with Gasteiger partial charge in [-0.1, -0.05) is 77.2 Å². The molecule has 2 amide bonds. The minimum absolute atomic E-state index is 0.193. The molecule has 4 fully saturated rings. The van der Waals surface area contributed by atoms with Gasteiger partial charge in [-0.2, -0.15) is 0 Å². The predicted octanol–water partition coefficient (Wildman–Crippen LogP) is 6.67. The largest absolute Gasteiger partial charge is 0.338 e. The van der Waals surface area contributed by atoms with Gasteiger partial charge in [-0.15, -0.1) is 0 Å². The summed E-state index contributed by atoms with van der Waals surface area (Å²) in [6.45, 7) is 15.8. The number of benzene rings is 1. The van der Waals surface area contributed by atoms with E-state index in [4.69, 9.17) is 9.97 Å². The molecule has 40 heavy (non-hydrogen) atoms. The summed E-state index contributed by atoms with van der Waals surface area (Å²) in [6.07, 6.45) is 6.72. The molecule has 6 nitrogen and oxygen atoms in total. The molecule has 4 aliphatic rings. The molecule has 2 aliphatic carbocycles. The number of rotatable bonds is 6. The van der Waals surface area contributed by atoms with E-state index in [-0.39, 0.29) is 33.5 Å². The van der Waals surface area contributed by atoms with E-state index in [2.05, 4.69) is 51.3 Å². The van der Waals surface area contributed by atoms with Gasteiger partial charge in [0.2, 0.25) is 11.8 Å². The number of likely N-dealkylation sites (tertiary alicyclic amines) is 2. The van der Waals surface area contributed by atoms with Crippen molar-refractivity contribution in [3.8, 4) is 0 Å². The van der Waals surface area contributed by atoms with Crippen molar-refractivity contribution in [2.24, 2.45) is 21.7 Å².